The molecular formula is C21H25N3O4S. The molecule has 0 saturated heterocycles. The van der Waals surface area contributed by atoms with Gasteiger partial charge in [-0.2, -0.15) is 11.8 Å². The SMILES string of the molecule is COc1ccc(-c2cc(C(=O)NCCSCc3ccc(CN(C)C)o3)no2)cc1. The molecule has 0 fully saturated rings. The second-order valence-electron chi connectivity index (χ2n) is 6.72. The number of ether oxygens (including phenoxy) is 1. The number of amides is 1. The molecule has 7 nitrogen and oxygen atoms in total. The Morgan fingerprint density at radius 3 is 2.66 bits per heavy atom. The Morgan fingerprint density at radius 1 is 1.17 bits per heavy atom. The van der Waals surface area contributed by atoms with Gasteiger partial charge in [0, 0.05) is 23.9 Å². The van der Waals surface area contributed by atoms with Gasteiger partial charge in [0.15, 0.2) is 11.5 Å². The molecule has 0 unspecified atom stereocenters. The zero-order chi connectivity index (χ0) is 20.6. The van der Waals surface area contributed by atoms with Crippen LogP contribution in [0.1, 0.15) is 22.0 Å². The molecule has 0 atom stereocenters. The van der Waals surface area contributed by atoms with Gasteiger partial charge in [0.2, 0.25) is 0 Å². The summed E-state index contributed by atoms with van der Waals surface area (Å²) in [5.41, 5.74) is 1.10. The molecule has 0 bridgehead atoms. The zero-order valence-electron chi connectivity index (χ0n) is 16.8. The monoisotopic (exact) mass is 415 g/mol. The normalized spacial score (nSPS) is 11.0. The molecule has 3 aromatic rings. The Morgan fingerprint density at radius 2 is 1.93 bits per heavy atom. The van der Waals surface area contributed by atoms with Crippen LogP contribution in [0.4, 0.5) is 0 Å². The van der Waals surface area contributed by atoms with Crippen molar-refractivity contribution in [2.24, 2.45) is 0 Å². The van der Waals surface area contributed by atoms with Gasteiger partial charge in [0.25, 0.3) is 5.91 Å². The van der Waals surface area contributed by atoms with Gasteiger partial charge in [-0.05, 0) is 50.5 Å². The fourth-order valence-electron chi connectivity index (χ4n) is 2.67. The van der Waals surface area contributed by atoms with Crippen molar-refractivity contribution in [1.82, 2.24) is 15.4 Å². The number of hydrogen-bond donors (Lipinski definition) is 1. The molecular weight excluding hydrogens is 390 g/mol. The smallest absolute Gasteiger partial charge is 0.273 e. The maximum Gasteiger partial charge on any atom is 0.273 e. The van der Waals surface area contributed by atoms with E-state index in [9.17, 15) is 4.79 Å². The molecule has 0 aliphatic heterocycles. The van der Waals surface area contributed by atoms with Crippen LogP contribution in [0.5, 0.6) is 5.75 Å². The third-order valence-corrected chi connectivity index (χ3v) is 5.06. The number of benzene rings is 1. The van der Waals surface area contributed by atoms with Crippen LogP contribution in [0.25, 0.3) is 11.3 Å². The summed E-state index contributed by atoms with van der Waals surface area (Å²) in [6.45, 7) is 1.33. The summed E-state index contributed by atoms with van der Waals surface area (Å²) < 4.78 is 16.2. The van der Waals surface area contributed by atoms with E-state index in [4.69, 9.17) is 13.7 Å². The highest BCUT2D eigenvalue weighted by Crippen LogP contribution is 2.23. The number of hydrogen-bond acceptors (Lipinski definition) is 7. The minimum absolute atomic E-state index is 0.250. The van der Waals surface area contributed by atoms with Gasteiger partial charge in [-0.1, -0.05) is 5.16 Å². The minimum atomic E-state index is -0.250. The fourth-order valence-corrected chi connectivity index (χ4v) is 3.42. The van der Waals surface area contributed by atoms with Gasteiger partial charge in [-0.3, -0.25) is 4.79 Å². The summed E-state index contributed by atoms with van der Waals surface area (Å²) in [6, 6.07) is 13.0. The number of furan rings is 1. The topological polar surface area (TPSA) is 80.7 Å². The van der Waals surface area contributed by atoms with Gasteiger partial charge < -0.3 is 23.9 Å². The molecule has 1 N–H and O–H groups in total. The van der Waals surface area contributed by atoms with Crippen molar-refractivity contribution in [2.45, 2.75) is 12.3 Å². The van der Waals surface area contributed by atoms with Gasteiger partial charge in [0.1, 0.15) is 17.3 Å². The van der Waals surface area contributed by atoms with Crippen molar-refractivity contribution >= 4 is 17.7 Å². The molecule has 0 spiro atoms. The highest BCUT2D eigenvalue weighted by atomic mass is 32.2. The van der Waals surface area contributed by atoms with E-state index in [0.29, 0.717) is 12.3 Å². The molecule has 154 valence electrons. The Balaban J connectivity index is 1.40. The Bertz CT molecular complexity index is 918. The molecule has 0 radical (unpaired) electrons. The first-order chi connectivity index (χ1) is 14.0. The lowest BCUT2D eigenvalue weighted by atomic mass is 10.1. The number of rotatable bonds is 10. The van der Waals surface area contributed by atoms with Gasteiger partial charge in [0.05, 0.1) is 19.4 Å². The number of nitrogens with one attached hydrogen (secondary N) is 1. The van der Waals surface area contributed by atoms with Crippen LogP contribution < -0.4 is 10.1 Å². The second-order valence-corrected chi connectivity index (χ2v) is 7.82. The van der Waals surface area contributed by atoms with Crippen LogP contribution in [0.15, 0.2) is 51.4 Å². The number of methoxy groups -OCH3 is 1. The van der Waals surface area contributed by atoms with Gasteiger partial charge in [-0.25, -0.2) is 0 Å². The van der Waals surface area contributed by atoms with E-state index in [0.717, 1.165) is 40.9 Å². The van der Waals surface area contributed by atoms with E-state index in [1.54, 1.807) is 24.9 Å². The molecule has 2 aromatic heterocycles. The third-order valence-electron chi connectivity index (χ3n) is 4.08. The number of carbonyl (C=O) groups excluding carboxylic acids is 1. The lowest BCUT2D eigenvalue weighted by Gasteiger charge is -2.05. The summed E-state index contributed by atoms with van der Waals surface area (Å²) in [4.78, 5) is 14.3. The lowest BCUT2D eigenvalue weighted by Crippen LogP contribution is -2.25. The maximum absolute atomic E-state index is 12.2. The fraction of sp³-hybridized carbons (Fsp3) is 0.333. The Hall–Kier alpha value is -2.71. The average Bonchev–Trinajstić information content (AvgIpc) is 3.37. The highest BCUT2D eigenvalue weighted by Gasteiger charge is 2.13. The largest absolute Gasteiger partial charge is 0.497 e. The van der Waals surface area contributed by atoms with E-state index in [2.05, 4.69) is 15.4 Å². The van der Waals surface area contributed by atoms with E-state index in [-0.39, 0.29) is 11.6 Å². The summed E-state index contributed by atoms with van der Waals surface area (Å²) in [5.74, 6) is 4.50. The minimum Gasteiger partial charge on any atom is -0.497 e. The molecule has 1 aromatic carbocycles. The predicted molar refractivity (Wildman–Crippen MR) is 113 cm³/mol. The molecule has 3 rings (SSSR count). The van der Waals surface area contributed by atoms with Crippen LogP contribution in [0, 0.1) is 0 Å². The Kier molecular flexibility index (Phi) is 7.37. The van der Waals surface area contributed by atoms with Gasteiger partial charge in [-0.15, -0.1) is 0 Å². The first-order valence-corrected chi connectivity index (χ1v) is 10.4. The van der Waals surface area contributed by atoms with Crippen LogP contribution in [-0.4, -0.2) is 49.5 Å². The molecule has 0 aliphatic carbocycles. The standard InChI is InChI=1S/C21H25N3O4S/c1-24(2)13-17-8-9-18(27-17)14-29-11-10-22-21(25)19-12-20(28-23-19)15-4-6-16(26-3)7-5-15/h4-9,12H,10-11,13-14H2,1-3H3,(H,22,25). The first kappa shape index (κ1) is 21.0. The predicted octanol–water partition coefficient (Wildman–Crippen LogP) is 3.67. The number of thioether (sulfide) groups is 1. The van der Waals surface area contributed by atoms with Crippen LogP contribution in [0.2, 0.25) is 0 Å². The third kappa shape index (κ3) is 6.13. The number of carbonyl (C=O) groups is 1. The summed E-state index contributed by atoms with van der Waals surface area (Å²) in [7, 11) is 5.63. The van der Waals surface area contributed by atoms with Crippen molar-refractivity contribution in [3.8, 4) is 17.1 Å². The quantitative estimate of drug-likeness (QED) is 0.506. The van der Waals surface area contributed by atoms with Crippen molar-refractivity contribution in [3.63, 3.8) is 0 Å². The van der Waals surface area contributed by atoms with Crippen LogP contribution >= 0.6 is 11.8 Å². The van der Waals surface area contributed by atoms with E-state index in [1.807, 2.05) is 50.5 Å². The molecule has 0 aliphatic rings. The van der Waals surface area contributed by atoms with E-state index in [1.165, 1.54) is 0 Å². The van der Waals surface area contributed by atoms with Crippen molar-refractivity contribution < 1.29 is 18.5 Å². The van der Waals surface area contributed by atoms with Crippen molar-refractivity contribution in [1.29, 1.82) is 0 Å². The van der Waals surface area contributed by atoms with Gasteiger partial charge >= 0.3 is 0 Å². The molecule has 8 heteroatoms. The second kappa shape index (κ2) is 10.2. The lowest BCUT2D eigenvalue weighted by molar-refractivity contribution is 0.0947. The van der Waals surface area contributed by atoms with E-state index >= 15 is 0 Å². The zero-order valence-corrected chi connectivity index (χ0v) is 17.6. The molecule has 29 heavy (non-hydrogen) atoms. The molecule has 2 heterocycles. The number of nitrogens with zero attached hydrogens (tertiary/aromatic N) is 2. The maximum atomic E-state index is 12.2. The van der Waals surface area contributed by atoms with Crippen LogP contribution in [-0.2, 0) is 12.3 Å². The average molecular weight is 416 g/mol. The molecule has 1 amide bonds. The van der Waals surface area contributed by atoms with Crippen molar-refractivity contribution in [2.75, 3.05) is 33.5 Å². The summed E-state index contributed by atoms with van der Waals surface area (Å²) in [6.07, 6.45) is 0. The molecule has 0 saturated carbocycles. The number of aromatic nitrogens is 1. The van der Waals surface area contributed by atoms with Crippen LogP contribution in [0.3, 0.4) is 0 Å². The van der Waals surface area contributed by atoms with Crippen molar-refractivity contribution in [3.05, 3.63) is 59.7 Å². The van der Waals surface area contributed by atoms with E-state index < -0.39 is 0 Å². The summed E-state index contributed by atoms with van der Waals surface area (Å²) >= 11 is 1.70. The Labute approximate surface area is 174 Å². The first-order valence-electron chi connectivity index (χ1n) is 9.24. The summed E-state index contributed by atoms with van der Waals surface area (Å²) in [5, 5.41) is 6.72. The highest BCUT2D eigenvalue weighted by molar-refractivity contribution is 7.98.